The van der Waals surface area contributed by atoms with Crippen LogP contribution in [0.25, 0.3) is 0 Å². The summed E-state index contributed by atoms with van der Waals surface area (Å²) in [4.78, 5) is 1.82. The van der Waals surface area contributed by atoms with Gasteiger partial charge in [0, 0.05) is 5.92 Å². The van der Waals surface area contributed by atoms with Crippen molar-refractivity contribution in [3.8, 4) is 0 Å². The Labute approximate surface area is 72.8 Å². The van der Waals surface area contributed by atoms with E-state index in [1.54, 1.807) is 0 Å². The van der Waals surface area contributed by atoms with E-state index < -0.39 is 0 Å². The first kappa shape index (κ1) is 7.77. The topological polar surface area (TPSA) is 30.7 Å². The monoisotopic (exact) mass is 165 g/mol. The molecule has 1 aliphatic rings. The van der Waals surface area contributed by atoms with Gasteiger partial charge in [-0.3, -0.25) is 0 Å². The van der Waals surface area contributed by atoms with Crippen molar-refractivity contribution in [3.63, 3.8) is 0 Å². The Hall–Kier alpha value is -0.860. The van der Waals surface area contributed by atoms with E-state index in [0.29, 0.717) is 5.92 Å². The van der Waals surface area contributed by atoms with Crippen molar-refractivity contribution in [2.45, 2.75) is 39.2 Å². The van der Waals surface area contributed by atoms with Gasteiger partial charge >= 0.3 is 0 Å². The number of aromatic nitrogens is 3. The van der Waals surface area contributed by atoms with Crippen molar-refractivity contribution < 1.29 is 0 Å². The van der Waals surface area contributed by atoms with Crippen molar-refractivity contribution >= 4 is 0 Å². The minimum Gasteiger partial charge on any atom is -0.184 e. The van der Waals surface area contributed by atoms with E-state index in [-0.39, 0.29) is 0 Å². The summed E-state index contributed by atoms with van der Waals surface area (Å²) < 4.78 is 0. The molecule has 1 heterocycles. The van der Waals surface area contributed by atoms with Gasteiger partial charge in [0.2, 0.25) is 0 Å². The van der Waals surface area contributed by atoms with Crippen LogP contribution >= 0.6 is 0 Å². The first-order valence-corrected chi connectivity index (χ1v) is 4.65. The molecule has 0 atom stereocenters. The Bertz CT molecular complexity index is 260. The van der Waals surface area contributed by atoms with Gasteiger partial charge in [-0.2, -0.15) is 15.0 Å². The summed E-state index contributed by atoms with van der Waals surface area (Å²) in [5.41, 5.74) is 1.19. The summed E-state index contributed by atoms with van der Waals surface area (Å²) in [7, 11) is 0. The SMILES string of the molecule is CC(C)Cn1ncc(C2CC2)n1. The lowest BCUT2D eigenvalue weighted by Gasteiger charge is -2.01. The molecule has 3 nitrogen and oxygen atoms in total. The molecule has 66 valence electrons. The van der Waals surface area contributed by atoms with Gasteiger partial charge < -0.3 is 0 Å². The van der Waals surface area contributed by atoms with Crippen LogP contribution in [0.4, 0.5) is 0 Å². The van der Waals surface area contributed by atoms with Crippen molar-refractivity contribution in [2.24, 2.45) is 5.92 Å². The number of nitrogens with zero attached hydrogens (tertiary/aromatic N) is 3. The predicted molar refractivity (Wildman–Crippen MR) is 46.8 cm³/mol. The number of hydrogen-bond donors (Lipinski definition) is 0. The quantitative estimate of drug-likeness (QED) is 0.684. The van der Waals surface area contributed by atoms with E-state index >= 15 is 0 Å². The van der Waals surface area contributed by atoms with E-state index in [1.807, 2.05) is 11.0 Å². The molecule has 0 aliphatic heterocycles. The Morgan fingerprint density at radius 3 is 2.92 bits per heavy atom. The Morgan fingerprint density at radius 1 is 1.58 bits per heavy atom. The van der Waals surface area contributed by atoms with E-state index in [0.717, 1.165) is 12.5 Å². The maximum absolute atomic E-state index is 4.42. The van der Waals surface area contributed by atoms with E-state index in [4.69, 9.17) is 0 Å². The molecule has 0 unspecified atom stereocenters. The molecule has 0 aromatic carbocycles. The molecule has 0 bridgehead atoms. The van der Waals surface area contributed by atoms with Crippen LogP contribution in [0.2, 0.25) is 0 Å². The third kappa shape index (κ3) is 1.65. The van der Waals surface area contributed by atoms with Gasteiger partial charge in [-0.25, -0.2) is 0 Å². The van der Waals surface area contributed by atoms with Crippen LogP contribution in [0.3, 0.4) is 0 Å². The zero-order valence-electron chi connectivity index (χ0n) is 7.70. The summed E-state index contributed by atoms with van der Waals surface area (Å²) in [5.74, 6) is 1.36. The summed E-state index contributed by atoms with van der Waals surface area (Å²) in [6.45, 7) is 5.30. The second-order valence-electron chi connectivity index (χ2n) is 3.99. The maximum Gasteiger partial charge on any atom is 0.0858 e. The summed E-state index contributed by atoms with van der Waals surface area (Å²) in [6, 6.07) is 0. The molecule has 12 heavy (non-hydrogen) atoms. The van der Waals surface area contributed by atoms with E-state index in [9.17, 15) is 0 Å². The molecule has 1 aromatic rings. The highest BCUT2D eigenvalue weighted by Gasteiger charge is 2.26. The second-order valence-corrected chi connectivity index (χ2v) is 3.99. The first-order valence-electron chi connectivity index (χ1n) is 4.65. The molecule has 1 fully saturated rings. The summed E-state index contributed by atoms with van der Waals surface area (Å²) in [5, 5.41) is 8.64. The lowest BCUT2D eigenvalue weighted by Crippen LogP contribution is -2.07. The molecule has 0 amide bonds. The highest BCUT2D eigenvalue weighted by atomic mass is 15.5. The molecule has 1 aromatic heterocycles. The fraction of sp³-hybridized carbons (Fsp3) is 0.778. The van der Waals surface area contributed by atoms with Crippen LogP contribution in [-0.4, -0.2) is 15.0 Å². The highest BCUT2D eigenvalue weighted by Crippen LogP contribution is 2.38. The van der Waals surface area contributed by atoms with Gasteiger partial charge in [0.25, 0.3) is 0 Å². The fourth-order valence-electron chi connectivity index (χ4n) is 1.29. The van der Waals surface area contributed by atoms with Crippen LogP contribution < -0.4 is 0 Å². The van der Waals surface area contributed by atoms with Crippen LogP contribution in [0.5, 0.6) is 0 Å². The summed E-state index contributed by atoms with van der Waals surface area (Å²) in [6.07, 6.45) is 4.53. The molecule has 0 spiro atoms. The normalized spacial score (nSPS) is 17.2. The fourth-order valence-corrected chi connectivity index (χ4v) is 1.29. The minimum absolute atomic E-state index is 0.629. The van der Waals surface area contributed by atoms with E-state index in [1.165, 1.54) is 18.5 Å². The van der Waals surface area contributed by atoms with Gasteiger partial charge in [-0.15, -0.1) is 0 Å². The number of rotatable bonds is 3. The van der Waals surface area contributed by atoms with Gasteiger partial charge in [-0.05, 0) is 18.8 Å². The second kappa shape index (κ2) is 2.88. The van der Waals surface area contributed by atoms with Crippen LogP contribution in [0.15, 0.2) is 6.20 Å². The smallest absolute Gasteiger partial charge is 0.0858 e. The average Bonchev–Trinajstić information content (AvgIpc) is 2.73. The van der Waals surface area contributed by atoms with Crippen LogP contribution in [0.1, 0.15) is 38.3 Å². The Kier molecular flexibility index (Phi) is 1.87. The lowest BCUT2D eigenvalue weighted by molar-refractivity contribution is 0.435. The van der Waals surface area contributed by atoms with Gasteiger partial charge in [0.1, 0.15) is 0 Å². The standard InChI is InChI=1S/C9H15N3/c1-7(2)6-12-10-5-9(11-12)8-3-4-8/h5,7-8H,3-4,6H2,1-2H3. The van der Waals surface area contributed by atoms with Crippen molar-refractivity contribution in [3.05, 3.63) is 11.9 Å². The Balaban J connectivity index is 2.03. The molecule has 0 N–H and O–H groups in total. The third-order valence-electron chi connectivity index (χ3n) is 2.08. The molecular formula is C9H15N3. The first-order chi connectivity index (χ1) is 5.75. The van der Waals surface area contributed by atoms with Gasteiger partial charge in [0.05, 0.1) is 18.4 Å². The van der Waals surface area contributed by atoms with Crippen molar-refractivity contribution in [2.75, 3.05) is 0 Å². The maximum atomic E-state index is 4.42. The molecule has 2 rings (SSSR count). The van der Waals surface area contributed by atoms with Crippen molar-refractivity contribution in [1.82, 2.24) is 15.0 Å². The van der Waals surface area contributed by atoms with Crippen LogP contribution in [-0.2, 0) is 6.54 Å². The zero-order valence-corrected chi connectivity index (χ0v) is 7.70. The highest BCUT2D eigenvalue weighted by molar-refractivity contribution is 5.08. The molecule has 3 heteroatoms. The molecule has 1 saturated carbocycles. The van der Waals surface area contributed by atoms with Gasteiger partial charge in [0.15, 0.2) is 0 Å². The predicted octanol–water partition coefficient (Wildman–Crippen LogP) is 1.81. The molecular weight excluding hydrogens is 150 g/mol. The summed E-state index contributed by atoms with van der Waals surface area (Å²) >= 11 is 0. The largest absolute Gasteiger partial charge is 0.184 e. The third-order valence-corrected chi connectivity index (χ3v) is 2.08. The Morgan fingerprint density at radius 2 is 2.33 bits per heavy atom. The van der Waals surface area contributed by atoms with Gasteiger partial charge in [-0.1, -0.05) is 13.8 Å². The average molecular weight is 165 g/mol. The molecule has 0 radical (unpaired) electrons. The number of hydrogen-bond acceptors (Lipinski definition) is 2. The minimum atomic E-state index is 0.629. The zero-order chi connectivity index (χ0) is 8.55. The molecule has 1 aliphatic carbocycles. The van der Waals surface area contributed by atoms with E-state index in [2.05, 4.69) is 24.0 Å². The van der Waals surface area contributed by atoms with Crippen LogP contribution in [0, 0.1) is 5.92 Å². The molecule has 0 saturated heterocycles. The lowest BCUT2D eigenvalue weighted by atomic mass is 10.2. The van der Waals surface area contributed by atoms with Crippen molar-refractivity contribution in [1.29, 1.82) is 0 Å².